The molecule has 4 aromatic rings. The van der Waals surface area contributed by atoms with E-state index in [2.05, 4.69) is 44.0 Å². The van der Waals surface area contributed by atoms with Gasteiger partial charge in [0.05, 0.1) is 43.8 Å². The van der Waals surface area contributed by atoms with Gasteiger partial charge in [0, 0.05) is 18.3 Å². The summed E-state index contributed by atoms with van der Waals surface area (Å²) in [4.78, 5) is 20.2. The van der Waals surface area contributed by atoms with E-state index in [9.17, 15) is 0 Å². The van der Waals surface area contributed by atoms with Crippen molar-refractivity contribution >= 4 is 17.5 Å². The van der Waals surface area contributed by atoms with Crippen molar-refractivity contribution in [2.75, 3.05) is 58.6 Å². The SMILES string of the molecule is CCN(CC)CCOc1ccc(-c2nc(N)nc(Nc3ccccc3OC)c2-c2cnc(OC)nc2OC)cc1. The fraction of sp³-hybridized carbons (Fsp3) is 0.310. The highest BCUT2D eigenvalue weighted by molar-refractivity contribution is 5.92. The molecule has 0 spiro atoms. The Balaban J connectivity index is 1.80. The molecule has 0 saturated heterocycles. The van der Waals surface area contributed by atoms with Gasteiger partial charge in [0.25, 0.3) is 0 Å². The predicted octanol–water partition coefficient (Wildman–Crippen LogP) is 4.67. The molecule has 0 radical (unpaired) electrons. The van der Waals surface area contributed by atoms with Crippen LogP contribution < -0.4 is 30.0 Å². The molecule has 40 heavy (non-hydrogen) atoms. The lowest BCUT2D eigenvalue weighted by Gasteiger charge is -2.19. The molecule has 0 aliphatic carbocycles. The number of nitrogens with zero attached hydrogens (tertiary/aromatic N) is 5. The molecule has 2 aromatic heterocycles. The molecule has 0 fully saturated rings. The van der Waals surface area contributed by atoms with Crippen LogP contribution in [0.15, 0.2) is 54.7 Å². The van der Waals surface area contributed by atoms with Gasteiger partial charge in [-0.3, -0.25) is 0 Å². The maximum absolute atomic E-state index is 6.23. The highest BCUT2D eigenvalue weighted by Crippen LogP contribution is 2.42. The summed E-state index contributed by atoms with van der Waals surface area (Å²) in [6.45, 7) is 7.71. The van der Waals surface area contributed by atoms with Gasteiger partial charge in [0.1, 0.15) is 23.9 Å². The molecule has 11 heteroatoms. The van der Waals surface area contributed by atoms with Crippen molar-refractivity contribution in [1.82, 2.24) is 24.8 Å². The van der Waals surface area contributed by atoms with Crippen LogP contribution in [0.4, 0.5) is 17.5 Å². The number of benzene rings is 2. The van der Waals surface area contributed by atoms with Crippen molar-refractivity contribution in [2.24, 2.45) is 0 Å². The third kappa shape index (κ3) is 6.49. The smallest absolute Gasteiger partial charge is 0.319 e. The first-order valence-corrected chi connectivity index (χ1v) is 13.0. The molecule has 4 rings (SSSR count). The maximum Gasteiger partial charge on any atom is 0.319 e. The van der Waals surface area contributed by atoms with E-state index >= 15 is 0 Å². The fourth-order valence-corrected chi connectivity index (χ4v) is 4.23. The molecule has 0 amide bonds. The number of methoxy groups -OCH3 is 3. The summed E-state index contributed by atoms with van der Waals surface area (Å²) in [5, 5.41) is 3.35. The summed E-state index contributed by atoms with van der Waals surface area (Å²) < 4.78 is 22.3. The largest absolute Gasteiger partial charge is 0.495 e. The quantitative estimate of drug-likeness (QED) is 0.243. The Hall–Kier alpha value is -4.64. The van der Waals surface area contributed by atoms with Gasteiger partial charge in [-0.2, -0.15) is 9.97 Å². The van der Waals surface area contributed by atoms with Crippen molar-refractivity contribution in [3.8, 4) is 45.8 Å². The van der Waals surface area contributed by atoms with Crippen LogP contribution in [0.1, 0.15) is 13.8 Å². The first-order valence-electron chi connectivity index (χ1n) is 13.0. The minimum Gasteiger partial charge on any atom is -0.495 e. The van der Waals surface area contributed by atoms with E-state index in [0.29, 0.717) is 46.6 Å². The van der Waals surface area contributed by atoms with Crippen LogP contribution in [0, 0.1) is 0 Å². The molecule has 11 nitrogen and oxygen atoms in total. The van der Waals surface area contributed by atoms with E-state index < -0.39 is 0 Å². The third-order valence-electron chi connectivity index (χ3n) is 6.36. The monoisotopic (exact) mass is 545 g/mol. The summed E-state index contributed by atoms with van der Waals surface area (Å²) in [5.74, 6) is 2.21. The van der Waals surface area contributed by atoms with Crippen LogP contribution in [-0.2, 0) is 0 Å². The number of nitrogens with two attached hydrogens (primary N) is 1. The molecule has 0 aliphatic rings. The number of anilines is 3. The summed E-state index contributed by atoms with van der Waals surface area (Å²) in [7, 11) is 4.63. The summed E-state index contributed by atoms with van der Waals surface area (Å²) in [6.07, 6.45) is 1.61. The van der Waals surface area contributed by atoms with Gasteiger partial charge in [0.2, 0.25) is 11.8 Å². The molecule has 0 bridgehead atoms. The second-order valence-corrected chi connectivity index (χ2v) is 8.66. The van der Waals surface area contributed by atoms with E-state index in [1.165, 1.54) is 14.2 Å². The Morgan fingerprint density at radius 3 is 2.30 bits per heavy atom. The zero-order chi connectivity index (χ0) is 28.5. The number of rotatable bonds is 13. The Morgan fingerprint density at radius 2 is 1.62 bits per heavy atom. The van der Waals surface area contributed by atoms with Crippen molar-refractivity contribution < 1.29 is 18.9 Å². The lowest BCUT2D eigenvalue weighted by Crippen LogP contribution is -2.27. The van der Waals surface area contributed by atoms with E-state index in [1.54, 1.807) is 13.3 Å². The van der Waals surface area contributed by atoms with Crippen molar-refractivity contribution in [3.63, 3.8) is 0 Å². The molecule has 2 aromatic carbocycles. The lowest BCUT2D eigenvalue weighted by atomic mass is 10.0. The molecule has 3 N–H and O–H groups in total. The van der Waals surface area contributed by atoms with Crippen LogP contribution in [0.2, 0.25) is 0 Å². The van der Waals surface area contributed by atoms with Gasteiger partial charge < -0.3 is 34.9 Å². The second-order valence-electron chi connectivity index (χ2n) is 8.66. The number of aromatic nitrogens is 4. The predicted molar refractivity (Wildman–Crippen MR) is 156 cm³/mol. The number of hydrogen-bond acceptors (Lipinski definition) is 11. The van der Waals surface area contributed by atoms with Gasteiger partial charge in [-0.25, -0.2) is 9.97 Å². The minimum atomic E-state index is 0.0871. The van der Waals surface area contributed by atoms with Gasteiger partial charge in [0.15, 0.2) is 0 Å². The number of para-hydroxylation sites is 2. The molecular weight excluding hydrogens is 510 g/mol. The van der Waals surface area contributed by atoms with Crippen LogP contribution in [0.25, 0.3) is 22.4 Å². The Morgan fingerprint density at radius 1 is 0.875 bits per heavy atom. The van der Waals surface area contributed by atoms with Crippen LogP contribution >= 0.6 is 0 Å². The molecular formula is C29H35N7O4. The average molecular weight is 546 g/mol. The van der Waals surface area contributed by atoms with Crippen molar-refractivity contribution in [2.45, 2.75) is 13.8 Å². The first kappa shape index (κ1) is 28.4. The van der Waals surface area contributed by atoms with Gasteiger partial charge in [-0.15, -0.1) is 0 Å². The van der Waals surface area contributed by atoms with Gasteiger partial charge in [-0.05, 0) is 49.5 Å². The Kier molecular flexibility index (Phi) is 9.53. The van der Waals surface area contributed by atoms with Crippen molar-refractivity contribution in [3.05, 3.63) is 54.7 Å². The van der Waals surface area contributed by atoms with E-state index in [0.717, 1.165) is 30.9 Å². The first-order chi connectivity index (χ1) is 19.5. The molecule has 2 heterocycles. The fourth-order valence-electron chi connectivity index (χ4n) is 4.23. The van der Waals surface area contributed by atoms with Crippen LogP contribution in [0.5, 0.6) is 23.4 Å². The van der Waals surface area contributed by atoms with Gasteiger partial charge >= 0.3 is 6.01 Å². The topological polar surface area (TPSA) is 130 Å². The summed E-state index contributed by atoms with van der Waals surface area (Å²) >= 11 is 0. The number of nitrogen functional groups attached to an aromatic ring is 1. The zero-order valence-corrected chi connectivity index (χ0v) is 23.5. The van der Waals surface area contributed by atoms with Crippen molar-refractivity contribution in [1.29, 1.82) is 0 Å². The second kappa shape index (κ2) is 13.4. The van der Waals surface area contributed by atoms with Crippen LogP contribution in [0.3, 0.4) is 0 Å². The Labute approximate surface area is 234 Å². The number of nitrogens with one attached hydrogen (secondary N) is 1. The highest BCUT2D eigenvalue weighted by atomic mass is 16.5. The number of hydrogen-bond donors (Lipinski definition) is 2. The molecule has 0 atom stereocenters. The normalized spacial score (nSPS) is 10.8. The number of likely N-dealkylation sites (N-methyl/N-ethyl adjacent to an activating group) is 1. The highest BCUT2D eigenvalue weighted by Gasteiger charge is 2.23. The van der Waals surface area contributed by atoms with E-state index in [-0.39, 0.29) is 12.0 Å². The van der Waals surface area contributed by atoms with E-state index in [4.69, 9.17) is 24.7 Å². The summed E-state index contributed by atoms with van der Waals surface area (Å²) in [5.41, 5.74) is 9.42. The Bertz CT molecular complexity index is 1410. The molecule has 210 valence electrons. The maximum atomic E-state index is 6.23. The standard InChI is InChI=1S/C29H35N7O4/c1-6-36(7-2)16-17-40-20-14-12-19(13-15-20)25-24(21-18-31-29(39-5)35-27(21)38-4)26(34-28(30)33-25)32-22-10-8-9-11-23(22)37-3/h8-15,18H,6-7,16-17H2,1-5H3,(H3,30,32,33,34). The zero-order valence-electron chi connectivity index (χ0n) is 23.5. The molecule has 0 unspecified atom stereocenters. The molecule has 0 aliphatic heterocycles. The average Bonchev–Trinajstić information content (AvgIpc) is 2.99. The lowest BCUT2D eigenvalue weighted by molar-refractivity contribution is 0.223. The summed E-state index contributed by atoms with van der Waals surface area (Å²) in [6, 6.07) is 15.4. The minimum absolute atomic E-state index is 0.0871. The third-order valence-corrected chi connectivity index (χ3v) is 6.36. The molecule has 0 saturated carbocycles. The number of ether oxygens (including phenoxy) is 4. The van der Waals surface area contributed by atoms with Crippen LogP contribution in [-0.4, -0.2) is 72.4 Å². The van der Waals surface area contributed by atoms with E-state index in [1.807, 2.05) is 48.5 Å². The van der Waals surface area contributed by atoms with Gasteiger partial charge in [-0.1, -0.05) is 26.0 Å².